The molecule has 132 valence electrons. The molecule has 4 rings (SSSR count). The number of hydrogen-bond acceptors (Lipinski definition) is 1. The van der Waals surface area contributed by atoms with Crippen LogP contribution in [0.1, 0.15) is 12.8 Å². The quantitative estimate of drug-likeness (QED) is 0.652. The van der Waals surface area contributed by atoms with Gasteiger partial charge in [-0.05, 0) is 0 Å². The van der Waals surface area contributed by atoms with Gasteiger partial charge in [-0.3, -0.25) is 0 Å². The number of para-hydroxylation sites is 1. The minimum atomic E-state index is -2.21. The molecule has 0 saturated carbocycles. The van der Waals surface area contributed by atoms with Crippen molar-refractivity contribution in [3.63, 3.8) is 0 Å². The molecule has 3 aromatic carbocycles. The Morgan fingerprint density at radius 2 is 1.31 bits per heavy atom. The molecular formula is C23H24NOP. The number of rotatable bonds is 4. The maximum atomic E-state index is 12.5. The van der Waals surface area contributed by atoms with E-state index in [1.165, 1.54) is 15.9 Å². The molecule has 1 aliphatic heterocycles. The van der Waals surface area contributed by atoms with Gasteiger partial charge in [0.25, 0.3) is 0 Å². The average molecular weight is 361 g/mol. The third-order valence-corrected chi connectivity index (χ3v) is 9.99. The molecule has 0 atom stereocenters. The molecular weight excluding hydrogens is 337 g/mol. The van der Waals surface area contributed by atoms with Crippen LogP contribution < -0.4 is 20.8 Å². The van der Waals surface area contributed by atoms with Crippen molar-refractivity contribution in [3.05, 3.63) is 84.9 Å². The van der Waals surface area contributed by atoms with E-state index in [-0.39, 0.29) is 5.91 Å². The second-order valence-corrected chi connectivity index (χ2v) is 11.0. The summed E-state index contributed by atoms with van der Waals surface area (Å²) in [5, 5.41) is 4.04. The summed E-state index contributed by atoms with van der Waals surface area (Å²) in [7, 11) is -2.21. The fraction of sp³-hybridized carbons (Fsp3) is 0.174. The van der Waals surface area contributed by atoms with Gasteiger partial charge in [0, 0.05) is 0 Å². The number of benzene rings is 3. The number of carbonyl (C=O) groups excluding carboxylic acids is 1. The Balaban J connectivity index is 1.96. The molecule has 3 aromatic rings. The Hall–Kier alpha value is -2.44. The van der Waals surface area contributed by atoms with Gasteiger partial charge in [-0.2, -0.15) is 0 Å². The van der Waals surface area contributed by atoms with Crippen LogP contribution in [0.5, 0.6) is 0 Å². The van der Waals surface area contributed by atoms with E-state index < -0.39 is 7.26 Å². The molecule has 1 amide bonds. The number of anilines is 1. The van der Waals surface area contributed by atoms with Crippen molar-refractivity contribution in [2.24, 2.45) is 0 Å². The van der Waals surface area contributed by atoms with Crippen LogP contribution >= 0.6 is 7.26 Å². The summed E-state index contributed by atoms with van der Waals surface area (Å²) in [6.45, 7) is 3.22. The average Bonchev–Trinajstić information content (AvgIpc) is 3.14. The van der Waals surface area contributed by atoms with Crippen LogP contribution in [0.3, 0.4) is 0 Å². The van der Waals surface area contributed by atoms with Crippen molar-refractivity contribution in [2.75, 3.05) is 18.1 Å². The summed E-state index contributed by atoms with van der Waals surface area (Å²) < 4.78 is 0. The van der Waals surface area contributed by atoms with Gasteiger partial charge in [0.2, 0.25) is 0 Å². The van der Waals surface area contributed by atoms with Crippen molar-refractivity contribution in [1.82, 2.24) is 0 Å². The van der Waals surface area contributed by atoms with Crippen LogP contribution in [0.2, 0.25) is 0 Å². The minimum absolute atomic E-state index is 0.245. The van der Waals surface area contributed by atoms with E-state index in [2.05, 4.69) is 91.6 Å². The van der Waals surface area contributed by atoms with Gasteiger partial charge in [0.15, 0.2) is 0 Å². The Kier molecular flexibility index (Phi) is 4.61. The predicted octanol–water partition coefficient (Wildman–Crippen LogP) is 3.47. The standard InChI is InChI=1S/C23H24NOP/c1-26(19-11-4-2-5-12-19,20-13-6-3-7-14-20)22-16-9-8-15-21(22)24-18-10-17-23(24)25/h2-9,11-16,26H,10,17-18H2,1H3. The molecule has 3 heteroatoms. The van der Waals surface area contributed by atoms with Crippen LogP contribution in [0.25, 0.3) is 0 Å². The van der Waals surface area contributed by atoms with Crippen LogP contribution in [-0.4, -0.2) is 19.1 Å². The van der Waals surface area contributed by atoms with E-state index in [4.69, 9.17) is 0 Å². The second kappa shape index (κ2) is 7.05. The summed E-state index contributed by atoms with van der Waals surface area (Å²) in [6.07, 6.45) is 1.60. The molecule has 0 bridgehead atoms. The van der Waals surface area contributed by atoms with Gasteiger partial charge in [-0.25, -0.2) is 0 Å². The monoisotopic (exact) mass is 361 g/mol. The first kappa shape index (κ1) is 17.0. The zero-order valence-corrected chi connectivity index (χ0v) is 16.1. The SMILES string of the molecule is C[PH](c1ccccc1)(c1ccccc1)c1ccccc1N1CCCC1=O. The van der Waals surface area contributed by atoms with Gasteiger partial charge < -0.3 is 0 Å². The molecule has 1 fully saturated rings. The van der Waals surface area contributed by atoms with E-state index in [0.717, 1.165) is 18.7 Å². The topological polar surface area (TPSA) is 20.3 Å². The Morgan fingerprint density at radius 3 is 1.85 bits per heavy atom. The molecule has 0 unspecified atom stereocenters. The van der Waals surface area contributed by atoms with E-state index in [0.29, 0.717) is 6.42 Å². The Bertz CT molecular complexity index is 868. The first-order valence-corrected chi connectivity index (χ1v) is 11.7. The molecule has 1 saturated heterocycles. The normalized spacial score (nSPS) is 15.3. The second-order valence-electron chi connectivity index (χ2n) is 7.02. The van der Waals surface area contributed by atoms with Crippen molar-refractivity contribution in [1.29, 1.82) is 0 Å². The molecule has 0 radical (unpaired) electrons. The van der Waals surface area contributed by atoms with Gasteiger partial charge in [0.1, 0.15) is 0 Å². The van der Waals surface area contributed by atoms with Gasteiger partial charge >= 0.3 is 155 Å². The van der Waals surface area contributed by atoms with Crippen molar-refractivity contribution < 1.29 is 4.79 Å². The summed E-state index contributed by atoms with van der Waals surface area (Å²) >= 11 is 0. The molecule has 0 spiro atoms. The Labute approximate surface area is 155 Å². The fourth-order valence-electron chi connectivity index (χ4n) is 4.06. The number of carbonyl (C=O) groups is 1. The van der Waals surface area contributed by atoms with Crippen LogP contribution in [0, 0.1) is 0 Å². The van der Waals surface area contributed by atoms with Gasteiger partial charge in [-0.15, -0.1) is 0 Å². The molecule has 1 aliphatic rings. The third kappa shape index (κ3) is 2.85. The maximum absolute atomic E-state index is 12.5. The van der Waals surface area contributed by atoms with E-state index in [1.807, 2.05) is 4.90 Å². The number of nitrogens with zero attached hydrogens (tertiary/aromatic N) is 1. The summed E-state index contributed by atoms with van der Waals surface area (Å²) in [6, 6.07) is 30.1. The third-order valence-electron chi connectivity index (χ3n) is 5.51. The molecule has 26 heavy (non-hydrogen) atoms. The summed E-state index contributed by atoms with van der Waals surface area (Å²) in [4.78, 5) is 14.5. The van der Waals surface area contributed by atoms with Crippen molar-refractivity contribution in [2.45, 2.75) is 12.8 Å². The van der Waals surface area contributed by atoms with Crippen LogP contribution in [0.15, 0.2) is 84.9 Å². The molecule has 0 aromatic heterocycles. The first-order valence-electron chi connectivity index (χ1n) is 9.22. The molecule has 0 aliphatic carbocycles. The molecule has 0 N–H and O–H groups in total. The van der Waals surface area contributed by atoms with Crippen molar-refractivity contribution >= 4 is 34.8 Å². The van der Waals surface area contributed by atoms with E-state index in [9.17, 15) is 4.79 Å². The number of hydrogen-bond donors (Lipinski definition) is 0. The predicted molar refractivity (Wildman–Crippen MR) is 114 cm³/mol. The Morgan fingerprint density at radius 1 is 0.769 bits per heavy atom. The summed E-state index contributed by atoms with van der Waals surface area (Å²) in [5.41, 5.74) is 1.09. The zero-order chi connectivity index (χ0) is 18.0. The van der Waals surface area contributed by atoms with Crippen LogP contribution in [0.4, 0.5) is 5.69 Å². The van der Waals surface area contributed by atoms with Gasteiger partial charge in [0.05, 0.1) is 0 Å². The van der Waals surface area contributed by atoms with E-state index >= 15 is 0 Å². The fourth-order valence-corrected chi connectivity index (χ4v) is 7.89. The first-order chi connectivity index (χ1) is 12.7. The van der Waals surface area contributed by atoms with Gasteiger partial charge in [-0.1, -0.05) is 0 Å². The molecule has 1 heterocycles. The molecule has 2 nitrogen and oxygen atoms in total. The van der Waals surface area contributed by atoms with E-state index in [1.54, 1.807) is 0 Å². The summed E-state index contributed by atoms with van der Waals surface area (Å²) in [5.74, 6) is 0.245. The zero-order valence-electron chi connectivity index (χ0n) is 15.1. The number of amides is 1. The van der Waals surface area contributed by atoms with Crippen molar-refractivity contribution in [3.8, 4) is 0 Å². The van der Waals surface area contributed by atoms with Crippen LogP contribution in [-0.2, 0) is 4.79 Å².